The summed E-state index contributed by atoms with van der Waals surface area (Å²) in [6.07, 6.45) is 0. The molecule has 0 aliphatic carbocycles. The molecule has 0 radical (unpaired) electrons. The molecule has 0 bridgehead atoms. The van der Waals surface area contributed by atoms with E-state index in [0.29, 0.717) is 0 Å². The summed E-state index contributed by atoms with van der Waals surface area (Å²) in [5.74, 6) is 0. The molecule has 72 heavy (non-hydrogen) atoms. The minimum absolute atomic E-state index is 1.50. The first kappa shape index (κ1) is 74.9. The molecule has 0 aromatic rings. The van der Waals surface area contributed by atoms with Crippen molar-refractivity contribution in [2.45, 2.75) is 216 Å². The van der Waals surface area contributed by atoms with Crippen LogP contribution in [0.2, 0.25) is 216 Å². The van der Waals surface area contributed by atoms with Crippen LogP contribution < -0.4 is 0 Å². The SMILES string of the molecule is CO[Si](OC)(OC)O[Si](C)(C)O[Si](C)(C)O[Si](C)(C)O[Si](C)(C)O[Si](C)(C)O[Si](C)(C)O[Si](C)(C)O[Si](C)(C)O[Si](C)(C)O[Si](C)(C)O[Si](C)(C)O[Si](C)(C)O[Si](C)(C)O[Si](C)(C)O[Si](C)(C)O[Si](C)(C)C. The standard InChI is InChI=1S/C36H108O19Si17/c1-37-72(38-2,39-3)55-71(35,36)54-70(33,34)53-69(31,32)52-68(29,30)51-67(27,28)50-66(25,26)49-65(23,24)48-64(21,22)47-63(19,20)46-62(17,18)45-61(15,16)44-60(13,14)43-59(11,12)42-58(9,10)41-57(7,8)40-56(4,5)6/h1-36H3. The van der Waals surface area contributed by atoms with Crippen LogP contribution in [0.25, 0.3) is 0 Å². The fourth-order valence-corrected chi connectivity index (χ4v) is 94.2. The quantitative estimate of drug-likeness (QED) is 0.0547. The van der Waals surface area contributed by atoms with Gasteiger partial charge in [0, 0.05) is 21.3 Å². The molecule has 0 heterocycles. The van der Waals surface area contributed by atoms with Gasteiger partial charge in [-0.1, -0.05) is 0 Å². The van der Waals surface area contributed by atoms with E-state index in [1.54, 1.807) is 0 Å². The highest BCUT2D eigenvalue weighted by Gasteiger charge is 2.55. The number of hydrogen-bond acceptors (Lipinski definition) is 19. The molecule has 0 saturated carbocycles. The van der Waals surface area contributed by atoms with E-state index >= 15 is 0 Å². The van der Waals surface area contributed by atoms with Crippen molar-refractivity contribution in [2.24, 2.45) is 0 Å². The summed E-state index contributed by atoms with van der Waals surface area (Å²) in [4.78, 5) is 0. The molecule has 0 fully saturated rings. The molecule has 0 aliphatic rings. The van der Waals surface area contributed by atoms with Gasteiger partial charge in [-0.3, -0.25) is 0 Å². The number of hydrogen-bond donors (Lipinski definition) is 0. The van der Waals surface area contributed by atoms with Crippen LogP contribution in [-0.2, 0) is 79.1 Å². The van der Waals surface area contributed by atoms with E-state index < -0.39 is 146 Å². The fraction of sp³-hybridized carbons (Fsp3) is 1.00. The average molecular weight is 1320 g/mol. The summed E-state index contributed by atoms with van der Waals surface area (Å²) in [5.41, 5.74) is 0. The van der Waals surface area contributed by atoms with Crippen LogP contribution in [0.1, 0.15) is 0 Å². The molecular weight excluding hydrogens is 1210 g/mol. The lowest BCUT2D eigenvalue weighted by Crippen LogP contribution is -2.63. The van der Waals surface area contributed by atoms with Crippen molar-refractivity contribution in [3.8, 4) is 0 Å². The molecule has 36 heteroatoms. The first-order valence-electron chi connectivity index (χ1n) is 24.9. The minimum atomic E-state index is -3.34. The van der Waals surface area contributed by atoms with Crippen LogP contribution in [0, 0.1) is 0 Å². The van der Waals surface area contributed by atoms with Crippen molar-refractivity contribution in [2.75, 3.05) is 21.3 Å². The molecule has 0 unspecified atom stereocenters. The normalized spacial score (nSPS) is 16.0. The molecule has 0 amide bonds. The highest BCUT2D eigenvalue weighted by molar-refractivity contribution is 6.95. The number of rotatable bonds is 35. The second-order valence-corrected chi connectivity index (χ2v) is 87.4. The monoisotopic (exact) mass is 1320 g/mol. The van der Waals surface area contributed by atoms with E-state index in [9.17, 15) is 0 Å². The Morgan fingerprint density at radius 3 is 0.333 bits per heavy atom. The second kappa shape index (κ2) is 25.6. The van der Waals surface area contributed by atoms with Crippen LogP contribution in [-0.4, -0.2) is 167 Å². The van der Waals surface area contributed by atoms with Gasteiger partial charge in [-0.25, -0.2) is 0 Å². The Kier molecular flexibility index (Phi) is 26.6. The lowest BCUT2D eigenvalue weighted by molar-refractivity contribution is 0.0404. The average Bonchev–Trinajstić information content (AvgIpc) is 2.93. The molecule has 0 aromatic carbocycles. The highest BCUT2D eigenvalue weighted by Crippen LogP contribution is 2.34. The van der Waals surface area contributed by atoms with Crippen molar-refractivity contribution >= 4 is 146 Å². The maximum atomic E-state index is 6.90. The van der Waals surface area contributed by atoms with Crippen molar-refractivity contribution in [3.63, 3.8) is 0 Å². The van der Waals surface area contributed by atoms with Crippen LogP contribution in [0.15, 0.2) is 0 Å². The molecule has 0 rings (SSSR count). The van der Waals surface area contributed by atoms with Crippen molar-refractivity contribution in [3.05, 3.63) is 0 Å². The van der Waals surface area contributed by atoms with Crippen molar-refractivity contribution in [1.82, 2.24) is 0 Å². The third kappa shape index (κ3) is 32.4. The maximum absolute atomic E-state index is 6.90. The molecule has 0 N–H and O–H groups in total. The molecular formula is C36H108O19Si17. The second-order valence-electron chi connectivity index (χ2n) is 25.9. The van der Waals surface area contributed by atoms with Gasteiger partial charge in [-0.15, -0.1) is 0 Å². The zero-order valence-corrected chi connectivity index (χ0v) is 69.3. The van der Waals surface area contributed by atoms with Gasteiger partial charge < -0.3 is 79.1 Å². The Hall–Kier alpha value is 2.93. The van der Waals surface area contributed by atoms with E-state index in [4.69, 9.17) is 79.1 Å². The largest absolute Gasteiger partial charge is 0.669 e. The van der Waals surface area contributed by atoms with E-state index in [0.717, 1.165) is 0 Å². The van der Waals surface area contributed by atoms with Gasteiger partial charge in [0.2, 0.25) is 0 Å². The first-order chi connectivity index (χ1) is 31.0. The smallest absolute Gasteiger partial charge is 0.437 e. The Labute approximate surface area is 458 Å². The Bertz CT molecular complexity index is 1700. The molecule has 19 nitrogen and oxygen atoms in total. The van der Waals surface area contributed by atoms with Crippen molar-refractivity contribution in [1.29, 1.82) is 0 Å². The van der Waals surface area contributed by atoms with Gasteiger partial charge in [0.05, 0.1) is 0 Å². The van der Waals surface area contributed by atoms with Crippen LogP contribution in [0.3, 0.4) is 0 Å². The molecule has 0 saturated heterocycles. The summed E-state index contributed by atoms with van der Waals surface area (Å²) in [6.45, 7) is 67.8. The van der Waals surface area contributed by atoms with Crippen LogP contribution in [0.5, 0.6) is 0 Å². The van der Waals surface area contributed by atoms with E-state index in [-0.39, 0.29) is 0 Å². The highest BCUT2D eigenvalue weighted by atomic mass is 28.5. The van der Waals surface area contributed by atoms with Crippen LogP contribution >= 0.6 is 0 Å². The summed E-state index contributed by atoms with van der Waals surface area (Å²) in [5, 5.41) is 0. The lowest BCUT2D eigenvalue weighted by Gasteiger charge is -2.45. The fourth-order valence-electron chi connectivity index (χ4n) is 10.0. The third-order valence-electron chi connectivity index (χ3n) is 8.55. The summed E-state index contributed by atoms with van der Waals surface area (Å²) in [7, 11) is -42.1. The topological polar surface area (TPSA) is 175 Å². The molecule has 434 valence electrons. The molecule has 0 aromatic heterocycles. The predicted octanol–water partition coefficient (Wildman–Crippen LogP) is 12.0. The van der Waals surface area contributed by atoms with Crippen molar-refractivity contribution < 1.29 is 79.1 Å². The predicted molar refractivity (Wildman–Crippen MR) is 330 cm³/mol. The Balaban J connectivity index is 5.78. The third-order valence-corrected chi connectivity index (χ3v) is 72.5. The van der Waals surface area contributed by atoms with E-state index in [1.807, 2.05) is 105 Å². The van der Waals surface area contributed by atoms with Gasteiger partial charge in [-0.2, -0.15) is 0 Å². The molecule has 0 spiro atoms. The molecule has 0 aliphatic heterocycles. The summed E-state index contributed by atoms with van der Waals surface area (Å²) < 4.78 is 125. The zero-order valence-electron chi connectivity index (χ0n) is 52.3. The minimum Gasteiger partial charge on any atom is -0.437 e. The van der Waals surface area contributed by atoms with E-state index in [2.05, 4.69) is 111 Å². The van der Waals surface area contributed by atoms with Gasteiger partial charge >= 0.3 is 137 Å². The zero-order chi connectivity index (χ0) is 57.9. The van der Waals surface area contributed by atoms with Gasteiger partial charge in [-0.05, 0) is 216 Å². The van der Waals surface area contributed by atoms with Gasteiger partial charge in [0.15, 0.2) is 8.32 Å². The van der Waals surface area contributed by atoms with Crippen LogP contribution in [0.4, 0.5) is 0 Å². The maximum Gasteiger partial charge on any atom is 0.669 e. The first-order valence-corrected chi connectivity index (χ1v) is 72.2. The van der Waals surface area contributed by atoms with Gasteiger partial charge in [0.1, 0.15) is 0 Å². The summed E-state index contributed by atoms with van der Waals surface area (Å²) >= 11 is 0. The Morgan fingerprint density at radius 1 is 0.139 bits per heavy atom. The van der Waals surface area contributed by atoms with E-state index in [1.165, 1.54) is 21.3 Å². The molecule has 0 atom stereocenters. The van der Waals surface area contributed by atoms with Gasteiger partial charge in [0.25, 0.3) is 0 Å². The lowest BCUT2D eigenvalue weighted by atomic mass is 11.8. The summed E-state index contributed by atoms with van der Waals surface area (Å²) in [6, 6.07) is 0. The Morgan fingerprint density at radius 2 is 0.236 bits per heavy atom.